The summed E-state index contributed by atoms with van der Waals surface area (Å²) >= 11 is 0. The first-order valence-electron chi connectivity index (χ1n) is 10.7. The van der Waals surface area contributed by atoms with Crippen molar-refractivity contribution in [1.29, 1.82) is 0 Å². The largest absolute Gasteiger partial charge is 0.508 e. The third kappa shape index (κ3) is 15.4. The molecule has 0 aromatic rings. The molecule has 0 aliphatic rings. The Hall–Kier alpha value is -0.810. The van der Waals surface area contributed by atoms with E-state index in [1.54, 1.807) is 0 Å². The molecule has 0 fully saturated rings. The molecule has 5 heteroatoms. The normalized spacial score (nSPS) is 13.4. The zero-order chi connectivity index (χ0) is 19.5. The highest BCUT2D eigenvalue weighted by molar-refractivity contribution is 5.59. The zero-order valence-electron chi connectivity index (χ0n) is 17.6. The van der Waals surface area contributed by atoms with Gasteiger partial charge in [0.15, 0.2) is 0 Å². The predicted octanol–water partition coefficient (Wildman–Crippen LogP) is 5.89. The minimum absolute atomic E-state index is 0.264. The summed E-state index contributed by atoms with van der Waals surface area (Å²) < 4.78 is 21.9. The lowest BCUT2D eigenvalue weighted by Gasteiger charge is -2.16. The Morgan fingerprint density at radius 1 is 0.654 bits per heavy atom. The lowest BCUT2D eigenvalue weighted by atomic mass is 10.1. The molecule has 26 heavy (non-hydrogen) atoms. The van der Waals surface area contributed by atoms with Crippen molar-refractivity contribution >= 4 is 6.16 Å². The predicted molar refractivity (Wildman–Crippen MR) is 106 cm³/mol. The maximum atomic E-state index is 11.6. The van der Waals surface area contributed by atoms with Crippen LogP contribution in [0.2, 0.25) is 0 Å². The molecule has 2 unspecified atom stereocenters. The molecule has 0 saturated carbocycles. The fourth-order valence-corrected chi connectivity index (χ4v) is 2.57. The molecule has 0 aliphatic carbocycles. The maximum absolute atomic E-state index is 11.6. The first-order chi connectivity index (χ1) is 12.7. The number of carbonyl (C=O) groups excluding carboxylic acids is 1. The highest BCUT2D eigenvalue weighted by Gasteiger charge is 2.10. The average Bonchev–Trinajstić information content (AvgIpc) is 2.65. The molecule has 0 aliphatic heterocycles. The second-order valence-electron chi connectivity index (χ2n) is 6.74. The second-order valence-corrected chi connectivity index (χ2v) is 6.74. The van der Waals surface area contributed by atoms with Crippen molar-refractivity contribution < 1.29 is 23.7 Å². The van der Waals surface area contributed by atoms with E-state index in [1.807, 2.05) is 0 Å². The van der Waals surface area contributed by atoms with E-state index < -0.39 is 6.16 Å². The Balaban J connectivity index is 3.61. The van der Waals surface area contributed by atoms with Gasteiger partial charge < -0.3 is 18.9 Å². The number of ether oxygens (including phenoxy) is 4. The second kappa shape index (κ2) is 19.0. The number of hydrogen-bond acceptors (Lipinski definition) is 5. The summed E-state index contributed by atoms with van der Waals surface area (Å²) in [6, 6.07) is 0. The van der Waals surface area contributed by atoms with Gasteiger partial charge in [0, 0.05) is 13.2 Å². The molecule has 0 radical (unpaired) electrons. The van der Waals surface area contributed by atoms with Gasteiger partial charge in [0.25, 0.3) is 0 Å². The van der Waals surface area contributed by atoms with E-state index in [0.29, 0.717) is 13.2 Å². The van der Waals surface area contributed by atoms with Crippen LogP contribution in [0.5, 0.6) is 0 Å². The van der Waals surface area contributed by atoms with Crippen LogP contribution < -0.4 is 0 Å². The van der Waals surface area contributed by atoms with Crippen LogP contribution >= 0.6 is 0 Å². The molecule has 0 spiro atoms. The molecular weight excluding hydrogens is 332 g/mol. The van der Waals surface area contributed by atoms with Gasteiger partial charge in [-0.25, -0.2) is 4.79 Å². The summed E-state index contributed by atoms with van der Waals surface area (Å²) in [4.78, 5) is 11.6. The van der Waals surface area contributed by atoms with Crippen LogP contribution in [-0.2, 0) is 18.9 Å². The molecular formula is C21H42O5. The van der Waals surface area contributed by atoms with E-state index in [0.717, 1.165) is 77.4 Å². The SMILES string of the molecule is CCCCOC(CC)CCCOC(=O)OCCCC(CC)OCCCC. The molecule has 0 amide bonds. The molecule has 0 bridgehead atoms. The lowest BCUT2D eigenvalue weighted by Crippen LogP contribution is -2.16. The zero-order valence-corrected chi connectivity index (χ0v) is 17.6. The van der Waals surface area contributed by atoms with Gasteiger partial charge >= 0.3 is 6.16 Å². The molecule has 5 nitrogen and oxygen atoms in total. The Labute approximate surface area is 161 Å². The smallest absolute Gasteiger partial charge is 0.434 e. The summed E-state index contributed by atoms with van der Waals surface area (Å²) in [5.74, 6) is 0. The van der Waals surface area contributed by atoms with Gasteiger partial charge in [-0.1, -0.05) is 40.5 Å². The minimum atomic E-state index is -0.565. The van der Waals surface area contributed by atoms with Gasteiger partial charge in [0.1, 0.15) is 0 Å². The van der Waals surface area contributed by atoms with Crippen molar-refractivity contribution in [2.24, 2.45) is 0 Å². The van der Waals surface area contributed by atoms with Crippen molar-refractivity contribution in [3.05, 3.63) is 0 Å². The third-order valence-electron chi connectivity index (χ3n) is 4.39. The van der Waals surface area contributed by atoms with Gasteiger partial charge in [-0.15, -0.1) is 0 Å². The summed E-state index contributed by atoms with van der Waals surface area (Å²) in [5.41, 5.74) is 0. The van der Waals surface area contributed by atoms with Crippen molar-refractivity contribution in [2.75, 3.05) is 26.4 Å². The number of rotatable bonds is 18. The summed E-state index contributed by atoms with van der Waals surface area (Å²) in [7, 11) is 0. The van der Waals surface area contributed by atoms with E-state index in [-0.39, 0.29) is 12.2 Å². The fourth-order valence-electron chi connectivity index (χ4n) is 2.57. The van der Waals surface area contributed by atoms with Crippen LogP contribution in [0.3, 0.4) is 0 Å². The first-order valence-corrected chi connectivity index (χ1v) is 10.7. The summed E-state index contributed by atoms with van der Waals surface area (Å²) in [5, 5.41) is 0. The maximum Gasteiger partial charge on any atom is 0.508 e. The molecule has 0 saturated heterocycles. The van der Waals surface area contributed by atoms with Crippen LogP contribution in [0.1, 0.15) is 91.9 Å². The Kier molecular flexibility index (Phi) is 18.4. The van der Waals surface area contributed by atoms with Crippen LogP contribution in [0.4, 0.5) is 4.79 Å². The van der Waals surface area contributed by atoms with Crippen LogP contribution in [-0.4, -0.2) is 44.8 Å². The van der Waals surface area contributed by atoms with E-state index >= 15 is 0 Å². The Bertz CT molecular complexity index is 281. The topological polar surface area (TPSA) is 54.0 Å². The highest BCUT2D eigenvalue weighted by atomic mass is 16.7. The van der Waals surface area contributed by atoms with Crippen molar-refractivity contribution in [3.63, 3.8) is 0 Å². The van der Waals surface area contributed by atoms with E-state index in [1.165, 1.54) is 0 Å². The average molecular weight is 375 g/mol. The van der Waals surface area contributed by atoms with Gasteiger partial charge in [0.05, 0.1) is 25.4 Å². The monoisotopic (exact) mass is 374 g/mol. The van der Waals surface area contributed by atoms with Crippen molar-refractivity contribution in [3.8, 4) is 0 Å². The van der Waals surface area contributed by atoms with Gasteiger partial charge in [0.2, 0.25) is 0 Å². The number of carbonyl (C=O) groups is 1. The fraction of sp³-hybridized carbons (Fsp3) is 0.952. The summed E-state index contributed by atoms with van der Waals surface area (Å²) in [6.45, 7) is 11.0. The van der Waals surface area contributed by atoms with Crippen LogP contribution in [0, 0.1) is 0 Å². The highest BCUT2D eigenvalue weighted by Crippen LogP contribution is 2.10. The first kappa shape index (κ1) is 25.2. The van der Waals surface area contributed by atoms with Gasteiger partial charge in [-0.05, 0) is 51.4 Å². The minimum Gasteiger partial charge on any atom is -0.434 e. The quantitative estimate of drug-likeness (QED) is 0.221. The summed E-state index contributed by atoms with van der Waals surface area (Å²) in [6.07, 6.45) is 9.89. The van der Waals surface area contributed by atoms with E-state index in [2.05, 4.69) is 27.7 Å². The molecule has 0 N–H and O–H groups in total. The molecule has 0 heterocycles. The van der Waals surface area contributed by atoms with Crippen molar-refractivity contribution in [2.45, 2.75) is 104 Å². The molecule has 2 atom stereocenters. The third-order valence-corrected chi connectivity index (χ3v) is 4.39. The van der Waals surface area contributed by atoms with Gasteiger partial charge in [-0.2, -0.15) is 0 Å². The van der Waals surface area contributed by atoms with E-state index in [9.17, 15) is 4.79 Å². The van der Waals surface area contributed by atoms with Crippen molar-refractivity contribution in [1.82, 2.24) is 0 Å². The Morgan fingerprint density at radius 3 is 1.42 bits per heavy atom. The molecule has 156 valence electrons. The van der Waals surface area contributed by atoms with Crippen LogP contribution in [0.25, 0.3) is 0 Å². The number of unbranched alkanes of at least 4 members (excludes halogenated alkanes) is 2. The molecule has 0 aromatic carbocycles. The number of hydrogen-bond donors (Lipinski definition) is 0. The van der Waals surface area contributed by atoms with Gasteiger partial charge in [-0.3, -0.25) is 0 Å². The van der Waals surface area contributed by atoms with Crippen LogP contribution in [0.15, 0.2) is 0 Å². The molecule has 0 aromatic heterocycles. The lowest BCUT2D eigenvalue weighted by molar-refractivity contribution is 0.0217. The Morgan fingerprint density at radius 2 is 1.08 bits per heavy atom. The standard InChI is InChI=1S/C21H42O5/c1-5-9-15-23-19(7-3)13-11-17-25-21(22)26-18-12-14-20(8-4)24-16-10-6-2/h19-20H,5-18H2,1-4H3. The molecule has 0 rings (SSSR count). The van der Waals surface area contributed by atoms with E-state index in [4.69, 9.17) is 18.9 Å².